The molecule has 0 aromatic rings. The highest BCUT2D eigenvalue weighted by Gasteiger charge is 2.51. The van der Waals surface area contributed by atoms with Crippen molar-refractivity contribution in [1.29, 1.82) is 0 Å². The minimum Gasteiger partial charge on any atom is -0.462 e. The second-order valence-electron chi connectivity index (χ2n) is 19.4. The van der Waals surface area contributed by atoms with Crippen LogP contribution in [0.4, 0.5) is 0 Å². The van der Waals surface area contributed by atoms with Crippen LogP contribution in [0, 0.1) is 17.8 Å². The van der Waals surface area contributed by atoms with Crippen molar-refractivity contribution in [1.82, 2.24) is 4.90 Å². The number of hydrogen-bond donors (Lipinski definition) is 12. The Morgan fingerprint density at radius 3 is 1.87 bits per heavy atom. The summed E-state index contributed by atoms with van der Waals surface area (Å²) < 4.78 is 23.4. The van der Waals surface area contributed by atoms with E-state index in [0.29, 0.717) is 12.8 Å². The van der Waals surface area contributed by atoms with Gasteiger partial charge in [-0.1, -0.05) is 92.0 Å². The molecule has 71 heavy (non-hydrogen) atoms. The Kier molecular flexibility index (Phi) is 24.9. The summed E-state index contributed by atoms with van der Waals surface area (Å²) in [5.41, 5.74) is 11.6. The van der Waals surface area contributed by atoms with Crippen molar-refractivity contribution in [2.24, 2.45) is 29.2 Å². The summed E-state index contributed by atoms with van der Waals surface area (Å²) in [5.74, 6) is -6.06. The summed E-state index contributed by atoms with van der Waals surface area (Å²) >= 11 is 0. The Morgan fingerprint density at radius 2 is 1.27 bits per heavy atom. The zero-order valence-corrected chi connectivity index (χ0v) is 40.7. The predicted octanol–water partition coefficient (Wildman–Crippen LogP) is -0.283. The molecule has 0 spiro atoms. The van der Waals surface area contributed by atoms with Gasteiger partial charge in [-0.3, -0.25) is 14.4 Å². The number of fused-ring (bicyclic) bond motifs is 2. The summed E-state index contributed by atoms with van der Waals surface area (Å²) in [6.07, 6.45) is 5.95. The van der Waals surface area contributed by atoms with Crippen molar-refractivity contribution >= 4 is 17.8 Å². The molecule has 20 nitrogen and oxygen atoms in total. The van der Waals surface area contributed by atoms with Gasteiger partial charge in [0.25, 0.3) is 0 Å². The van der Waals surface area contributed by atoms with E-state index in [9.17, 15) is 65.4 Å². The van der Waals surface area contributed by atoms with Gasteiger partial charge in [0.05, 0.1) is 86.0 Å². The fourth-order valence-electron chi connectivity index (χ4n) is 9.09. The van der Waals surface area contributed by atoms with Crippen LogP contribution < -0.4 is 11.5 Å². The Balaban J connectivity index is 1.60. The number of likely N-dealkylation sites (tertiary alicyclic amines) is 1. The molecule has 4 heterocycles. The van der Waals surface area contributed by atoms with Gasteiger partial charge in [-0.05, 0) is 39.0 Å². The summed E-state index contributed by atoms with van der Waals surface area (Å²) in [4.78, 5) is 40.2. The number of piperidine rings is 1. The maximum atomic E-state index is 14.3. The van der Waals surface area contributed by atoms with Crippen LogP contribution in [0.15, 0.2) is 85.1 Å². The highest BCUT2D eigenvalue weighted by atomic mass is 16.7. The van der Waals surface area contributed by atoms with Crippen molar-refractivity contribution in [3.63, 3.8) is 0 Å². The normalized spacial score (nSPS) is 42.1. The molecule has 0 radical (unpaired) electrons. The fraction of sp³-hybridized carbons (Fsp3) is 0.667. The lowest BCUT2D eigenvalue weighted by Gasteiger charge is -2.47. The third-order valence-electron chi connectivity index (χ3n) is 13.3. The Morgan fingerprint density at radius 1 is 0.676 bits per heavy atom. The molecular formula is C51H79N3O17. The number of nitrogens with zero attached hydrogens (tertiary/aromatic N) is 1. The molecule has 0 saturated carbocycles. The van der Waals surface area contributed by atoms with E-state index < -0.39 is 147 Å². The first-order valence-corrected chi connectivity index (χ1v) is 24.7. The van der Waals surface area contributed by atoms with Crippen LogP contribution in [0.5, 0.6) is 0 Å². The van der Waals surface area contributed by atoms with E-state index in [0.717, 1.165) is 0 Å². The summed E-state index contributed by atoms with van der Waals surface area (Å²) in [6, 6.07) is -1.13. The van der Waals surface area contributed by atoms with Gasteiger partial charge in [0.15, 0.2) is 12.1 Å². The average Bonchev–Trinajstić information content (AvgIpc) is 3.29. The van der Waals surface area contributed by atoms with Crippen LogP contribution in [0.3, 0.4) is 0 Å². The molecule has 3 fully saturated rings. The number of nitrogens with two attached hydrogens (primary N) is 2. The number of carbonyl (C=O) groups excluding carboxylic acids is 3. The second-order valence-corrected chi connectivity index (χ2v) is 19.4. The number of allylic oxidation sites excluding steroid dienone is 12. The second kappa shape index (κ2) is 29.7. The van der Waals surface area contributed by atoms with E-state index in [1.165, 1.54) is 4.90 Å². The minimum atomic E-state index is -2.30. The monoisotopic (exact) mass is 1010 g/mol. The lowest BCUT2D eigenvalue weighted by Crippen LogP contribution is -2.60. The molecule has 4 aliphatic rings. The standard InChI is InChI=1S/C51H79N3O17/c1-31-15-13-11-9-7-5-3-4-6-8-10-12-14-16-37(70-50-47(64)46(52)42(62)30-68-50)27-43-45(49(66)54-21-19-33(20-22-54)48(53)65)41(61)29-51(67,71-43)28-36(57)25-40(60)38(58)18-17-34(55)24-35(56)26-44(63)69-32(2)23-39(31)59/h3-16,31-43,45-47,50,55-62,64,67H,17-30,52H2,1-2H3,(H2,53,65)/b4-3+,7-5+,8-6+,11-9+,12-10+,15-13+,16-14+/t31-,32-,34?,35?,36?,37-,38?,39-,40?,41-,42+,43-,45+,46-,47-,50-,51+/m0/s1. The number of amides is 2. The van der Waals surface area contributed by atoms with Gasteiger partial charge in [0, 0.05) is 57.0 Å². The molecule has 5 unspecified atom stereocenters. The van der Waals surface area contributed by atoms with Crippen LogP contribution >= 0.6 is 0 Å². The van der Waals surface area contributed by atoms with Gasteiger partial charge in [0.2, 0.25) is 11.8 Å². The fourth-order valence-corrected chi connectivity index (χ4v) is 9.09. The molecule has 400 valence electrons. The van der Waals surface area contributed by atoms with Gasteiger partial charge in [0.1, 0.15) is 12.2 Å². The molecule has 14 N–H and O–H groups in total. The molecule has 3 saturated heterocycles. The van der Waals surface area contributed by atoms with E-state index in [2.05, 4.69) is 0 Å². The number of carbonyl (C=O) groups is 3. The predicted molar refractivity (Wildman–Crippen MR) is 259 cm³/mol. The smallest absolute Gasteiger partial charge is 0.308 e. The van der Waals surface area contributed by atoms with Crippen LogP contribution in [0.1, 0.15) is 84.5 Å². The maximum absolute atomic E-state index is 14.3. The Hall–Kier alpha value is -3.97. The summed E-state index contributed by atoms with van der Waals surface area (Å²) in [6.45, 7) is 3.50. The number of rotatable bonds is 4. The number of esters is 1. The molecule has 4 aliphatic heterocycles. The average molecular weight is 1010 g/mol. The van der Waals surface area contributed by atoms with Gasteiger partial charge in [-0.25, -0.2) is 0 Å². The molecule has 2 amide bonds. The van der Waals surface area contributed by atoms with Crippen LogP contribution in [0.2, 0.25) is 0 Å². The highest BCUT2D eigenvalue weighted by Crippen LogP contribution is 2.39. The van der Waals surface area contributed by atoms with E-state index >= 15 is 0 Å². The molecule has 0 aromatic heterocycles. The van der Waals surface area contributed by atoms with Gasteiger partial charge < -0.3 is 86.4 Å². The number of cyclic esters (lactones) is 1. The lowest BCUT2D eigenvalue weighted by atomic mass is 9.81. The van der Waals surface area contributed by atoms with Crippen LogP contribution in [0.25, 0.3) is 0 Å². The summed E-state index contributed by atoms with van der Waals surface area (Å²) in [5, 5.41) is 109. The molecular weight excluding hydrogens is 927 g/mol. The highest BCUT2D eigenvalue weighted by molar-refractivity contribution is 5.81. The first kappa shape index (κ1) is 59.6. The van der Waals surface area contributed by atoms with Gasteiger partial charge >= 0.3 is 5.97 Å². The number of aliphatic hydroxyl groups excluding tert-OH is 9. The number of primary amides is 1. The van der Waals surface area contributed by atoms with Crippen molar-refractivity contribution < 1.29 is 84.4 Å². The minimum absolute atomic E-state index is 0.104. The molecule has 17 atom stereocenters. The zero-order chi connectivity index (χ0) is 52.3. The van der Waals surface area contributed by atoms with Crippen molar-refractivity contribution in [3.8, 4) is 0 Å². The topological polar surface area (TPSA) is 346 Å². The van der Waals surface area contributed by atoms with Crippen molar-refractivity contribution in [2.45, 2.75) is 176 Å². The number of aliphatic hydroxyl groups is 10. The van der Waals surface area contributed by atoms with E-state index in [1.54, 1.807) is 61.6 Å². The van der Waals surface area contributed by atoms with Crippen LogP contribution in [-0.2, 0) is 33.3 Å². The Labute approximate surface area is 415 Å². The third kappa shape index (κ3) is 20.1. The number of ether oxygens (including phenoxy) is 4. The first-order valence-electron chi connectivity index (χ1n) is 24.7. The molecule has 20 heteroatoms. The van der Waals surface area contributed by atoms with E-state index in [4.69, 9.17) is 30.4 Å². The van der Waals surface area contributed by atoms with Crippen LogP contribution in [-0.4, -0.2) is 185 Å². The van der Waals surface area contributed by atoms with Crippen molar-refractivity contribution in [2.75, 3.05) is 19.7 Å². The zero-order valence-electron chi connectivity index (χ0n) is 40.7. The largest absolute Gasteiger partial charge is 0.462 e. The molecule has 0 aromatic carbocycles. The van der Waals surface area contributed by atoms with Gasteiger partial charge in [-0.2, -0.15) is 0 Å². The lowest BCUT2D eigenvalue weighted by molar-refractivity contribution is -0.305. The third-order valence-corrected chi connectivity index (χ3v) is 13.3. The first-order chi connectivity index (χ1) is 33.7. The number of hydrogen-bond acceptors (Lipinski definition) is 18. The molecule has 4 rings (SSSR count). The van der Waals surface area contributed by atoms with Crippen molar-refractivity contribution in [3.05, 3.63) is 85.1 Å². The quantitative estimate of drug-likeness (QED) is 0.161. The maximum Gasteiger partial charge on any atom is 0.308 e. The summed E-state index contributed by atoms with van der Waals surface area (Å²) in [7, 11) is 0. The van der Waals surface area contributed by atoms with Gasteiger partial charge in [-0.15, -0.1) is 0 Å². The molecule has 2 bridgehead atoms. The Bertz CT molecular complexity index is 1870. The van der Waals surface area contributed by atoms with E-state index in [1.807, 2.05) is 37.3 Å². The SMILES string of the molecule is C[C@H]1C[C@H](O)[C@@H](C)/C=C/C=C/C=C/C=C/C=C/C=C/C=C/[C@H](O[C@@H]2OC[C@@H](O)[C@H](N)[C@@H]2O)C[C@@H]2O[C@](O)(CC(O)CC(O)C(O)CCC(O)CC(O)CC(=O)O1)C[C@H](O)[C@H]2C(=O)N1CCC(C(N)=O)CC1. The molecule has 0 aliphatic carbocycles. The van der Waals surface area contributed by atoms with E-state index in [-0.39, 0.29) is 57.7 Å².